The highest BCUT2D eigenvalue weighted by Gasteiger charge is 2.20. The van der Waals surface area contributed by atoms with Gasteiger partial charge in [0.25, 0.3) is 0 Å². The van der Waals surface area contributed by atoms with Gasteiger partial charge in [-0.25, -0.2) is 9.97 Å². The highest BCUT2D eigenvalue weighted by Crippen LogP contribution is 2.30. The summed E-state index contributed by atoms with van der Waals surface area (Å²) in [7, 11) is 0. The average molecular weight is 460 g/mol. The van der Waals surface area contributed by atoms with Crippen LogP contribution in [0, 0.1) is 5.92 Å². The number of nitrogens with one attached hydrogen (secondary N) is 1. The molecule has 4 rings (SSSR count). The summed E-state index contributed by atoms with van der Waals surface area (Å²) >= 11 is 0. The quantitative estimate of drug-likeness (QED) is 0.411. The van der Waals surface area contributed by atoms with Crippen LogP contribution in [0.15, 0.2) is 54.7 Å². The molecule has 1 heterocycles. The van der Waals surface area contributed by atoms with Crippen LogP contribution in [0.2, 0.25) is 0 Å². The summed E-state index contributed by atoms with van der Waals surface area (Å²) in [6.07, 6.45) is 7.77. The van der Waals surface area contributed by atoms with Crippen LogP contribution in [0.1, 0.15) is 50.8 Å². The molecular formula is C28H33N3O3. The summed E-state index contributed by atoms with van der Waals surface area (Å²) in [6.45, 7) is 5.18. The van der Waals surface area contributed by atoms with Crippen molar-refractivity contribution in [3.05, 3.63) is 66.0 Å². The van der Waals surface area contributed by atoms with Crippen LogP contribution in [0.25, 0.3) is 11.3 Å². The smallest absolute Gasteiger partial charge is 0.229 e. The second kappa shape index (κ2) is 11.6. The molecule has 1 aliphatic rings. The van der Waals surface area contributed by atoms with Gasteiger partial charge in [-0.2, -0.15) is 0 Å². The second-order valence-electron chi connectivity index (χ2n) is 8.66. The molecule has 0 unspecified atom stereocenters. The van der Waals surface area contributed by atoms with Crippen LogP contribution >= 0.6 is 0 Å². The second-order valence-corrected chi connectivity index (χ2v) is 8.66. The van der Waals surface area contributed by atoms with Crippen molar-refractivity contribution in [3.8, 4) is 22.8 Å². The minimum absolute atomic E-state index is 0.0973. The normalized spacial score (nSPS) is 13.6. The number of hydrogen-bond acceptors (Lipinski definition) is 5. The molecule has 6 nitrogen and oxygen atoms in total. The predicted octanol–water partition coefficient (Wildman–Crippen LogP) is 5.85. The number of aromatic nitrogens is 2. The number of carbonyl (C=O) groups excluding carboxylic acids is 1. The Bertz CT molecular complexity index is 1080. The van der Waals surface area contributed by atoms with Gasteiger partial charge in [-0.1, -0.05) is 37.8 Å². The number of rotatable bonds is 10. The van der Waals surface area contributed by atoms with Crippen molar-refractivity contribution in [1.82, 2.24) is 9.97 Å². The fraction of sp³-hybridized carbons (Fsp3) is 0.393. The topological polar surface area (TPSA) is 73.3 Å². The molecule has 1 aliphatic carbocycles. The summed E-state index contributed by atoms with van der Waals surface area (Å²) in [5.74, 6) is 2.70. The van der Waals surface area contributed by atoms with Gasteiger partial charge < -0.3 is 14.8 Å². The van der Waals surface area contributed by atoms with E-state index < -0.39 is 0 Å². The van der Waals surface area contributed by atoms with Crippen LogP contribution in [0.4, 0.5) is 5.82 Å². The summed E-state index contributed by atoms with van der Waals surface area (Å²) < 4.78 is 11.0. The van der Waals surface area contributed by atoms with Gasteiger partial charge >= 0.3 is 0 Å². The Hall–Kier alpha value is -3.41. The summed E-state index contributed by atoms with van der Waals surface area (Å²) in [4.78, 5) is 22.4. The largest absolute Gasteiger partial charge is 0.494 e. The molecule has 2 aromatic carbocycles. The van der Waals surface area contributed by atoms with E-state index in [2.05, 4.69) is 10.3 Å². The van der Waals surface area contributed by atoms with Gasteiger partial charge in [0, 0.05) is 5.56 Å². The fourth-order valence-corrected chi connectivity index (χ4v) is 4.42. The zero-order valence-electron chi connectivity index (χ0n) is 20.0. The first-order chi connectivity index (χ1) is 16.6. The SMILES string of the molecule is CCOc1ccc(CC(=O)Nc2ncc(-c3ccc(OCC)cc3)nc2CC2CCCC2)cc1. The molecule has 1 amide bonds. The third kappa shape index (κ3) is 6.34. The minimum Gasteiger partial charge on any atom is -0.494 e. The van der Waals surface area contributed by atoms with Crippen LogP contribution in [-0.4, -0.2) is 29.1 Å². The van der Waals surface area contributed by atoms with Crippen molar-refractivity contribution >= 4 is 11.7 Å². The lowest BCUT2D eigenvalue weighted by Gasteiger charge is -2.15. The van der Waals surface area contributed by atoms with Crippen molar-refractivity contribution in [2.45, 2.75) is 52.4 Å². The summed E-state index contributed by atoms with van der Waals surface area (Å²) in [5, 5.41) is 3.01. The number of benzene rings is 2. The zero-order valence-corrected chi connectivity index (χ0v) is 20.0. The number of hydrogen-bond donors (Lipinski definition) is 1. The molecular weight excluding hydrogens is 426 g/mol. The Kier molecular flexibility index (Phi) is 8.12. The molecule has 1 aromatic heterocycles. The van der Waals surface area contributed by atoms with E-state index in [4.69, 9.17) is 14.5 Å². The number of carbonyl (C=O) groups is 1. The first kappa shape index (κ1) is 23.7. The van der Waals surface area contributed by atoms with Gasteiger partial charge in [0.15, 0.2) is 5.82 Å². The van der Waals surface area contributed by atoms with E-state index in [9.17, 15) is 4.79 Å². The molecule has 3 aromatic rings. The third-order valence-electron chi connectivity index (χ3n) is 6.12. The lowest BCUT2D eigenvalue weighted by molar-refractivity contribution is -0.115. The molecule has 1 N–H and O–H groups in total. The Morgan fingerprint density at radius 2 is 1.56 bits per heavy atom. The molecule has 0 atom stereocenters. The fourth-order valence-electron chi connectivity index (χ4n) is 4.42. The Morgan fingerprint density at radius 1 is 0.941 bits per heavy atom. The van der Waals surface area contributed by atoms with Crippen LogP contribution in [-0.2, 0) is 17.6 Å². The van der Waals surface area contributed by atoms with Crippen LogP contribution in [0.3, 0.4) is 0 Å². The van der Waals surface area contributed by atoms with E-state index in [-0.39, 0.29) is 12.3 Å². The summed E-state index contributed by atoms with van der Waals surface area (Å²) in [6, 6.07) is 15.5. The maximum Gasteiger partial charge on any atom is 0.229 e. The lowest BCUT2D eigenvalue weighted by atomic mass is 10.0. The van der Waals surface area contributed by atoms with Crippen molar-refractivity contribution in [2.75, 3.05) is 18.5 Å². The highest BCUT2D eigenvalue weighted by molar-refractivity contribution is 5.92. The number of nitrogens with zero attached hydrogens (tertiary/aromatic N) is 2. The minimum atomic E-state index is -0.0973. The molecule has 0 bridgehead atoms. The van der Waals surface area contributed by atoms with Gasteiger partial charge in [0.2, 0.25) is 5.91 Å². The average Bonchev–Trinajstić information content (AvgIpc) is 3.35. The molecule has 178 valence electrons. The standard InChI is InChI=1S/C28H33N3O3/c1-3-33-23-13-9-21(10-14-23)18-27(32)31-28-25(17-20-7-5-6-8-20)30-26(19-29-28)22-11-15-24(16-12-22)34-4-2/h9-16,19-20H,3-8,17-18H2,1-2H3,(H,29,31,32). The lowest BCUT2D eigenvalue weighted by Crippen LogP contribution is -2.18. The molecule has 0 saturated heterocycles. The van der Waals surface area contributed by atoms with Crippen molar-refractivity contribution < 1.29 is 14.3 Å². The van der Waals surface area contributed by atoms with E-state index in [0.29, 0.717) is 24.9 Å². The van der Waals surface area contributed by atoms with Gasteiger partial charge in [-0.15, -0.1) is 0 Å². The van der Waals surface area contributed by atoms with E-state index in [0.717, 1.165) is 40.4 Å². The van der Waals surface area contributed by atoms with Crippen molar-refractivity contribution in [3.63, 3.8) is 0 Å². The zero-order chi connectivity index (χ0) is 23.8. The van der Waals surface area contributed by atoms with Gasteiger partial charge in [-0.05, 0) is 68.1 Å². The van der Waals surface area contributed by atoms with E-state index >= 15 is 0 Å². The van der Waals surface area contributed by atoms with Crippen LogP contribution < -0.4 is 14.8 Å². The number of amides is 1. The Morgan fingerprint density at radius 3 is 2.18 bits per heavy atom. The van der Waals surface area contributed by atoms with Crippen molar-refractivity contribution in [1.29, 1.82) is 0 Å². The predicted molar refractivity (Wildman–Crippen MR) is 134 cm³/mol. The van der Waals surface area contributed by atoms with Crippen LogP contribution in [0.5, 0.6) is 11.5 Å². The monoisotopic (exact) mass is 459 g/mol. The third-order valence-corrected chi connectivity index (χ3v) is 6.12. The maximum absolute atomic E-state index is 12.8. The Balaban J connectivity index is 1.51. The van der Waals surface area contributed by atoms with E-state index in [1.165, 1.54) is 25.7 Å². The number of ether oxygens (including phenoxy) is 2. The van der Waals surface area contributed by atoms with Gasteiger partial charge in [0.05, 0.1) is 37.2 Å². The molecule has 0 spiro atoms. The number of anilines is 1. The van der Waals surface area contributed by atoms with Gasteiger partial charge in [-0.3, -0.25) is 4.79 Å². The molecule has 6 heteroatoms. The Labute approximate surface area is 201 Å². The molecule has 34 heavy (non-hydrogen) atoms. The highest BCUT2D eigenvalue weighted by atomic mass is 16.5. The maximum atomic E-state index is 12.8. The molecule has 0 aliphatic heterocycles. The summed E-state index contributed by atoms with van der Waals surface area (Å²) in [5.41, 5.74) is 3.58. The first-order valence-corrected chi connectivity index (χ1v) is 12.2. The molecule has 1 fully saturated rings. The molecule has 1 saturated carbocycles. The molecule has 0 radical (unpaired) electrons. The van der Waals surface area contributed by atoms with E-state index in [1.54, 1.807) is 6.20 Å². The first-order valence-electron chi connectivity index (χ1n) is 12.2. The van der Waals surface area contributed by atoms with Gasteiger partial charge in [0.1, 0.15) is 11.5 Å². The van der Waals surface area contributed by atoms with E-state index in [1.807, 2.05) is 62.4 Å². The van der Waals surface area contributed by atoms with Crippen molar-refractivity contribution in [2.24, 2.45) is 5.92 Å².